The summed E-state index contributed by atoms with van der Waals surface area (Å²) in [6.07, 6.45) is 0. The van der Waals surface area contributed by atoms with Crippen molar-refractivity contribution in [2.24, 2.45) is 5.41 Å². The molecule has 0 aliphatic carbocycles. The van der Waals surface area contributed by atoms with Gasteiger partial charge in [-0.3, -0.25) is 0 Å². The first kappa shape index (κ1) is 14.4. The van der Waals surface area contributed by atoms with Crippen molar-refractivity contribution < 1.29 is 4.74 Å². The van der Waals surface area contributed by atoms with Crippen molar-refractivity contribution in [1.29, 1.82) is 0 Å². The molecule has 1 fully saturated rings. The van der Waals surface area contributed by atoms with Crippen LogP contribution < -0.4 is 10.1 Å². The van der Waals surface area contributed by atoms with E-state index in [1.807, 2.05) is 0 Å². The van der Waals surface area contributed by atoms with Crippen LogP contribution in [0.2, 0.25) is 0 Å². The number of benzene rings is 1. The lowest BCUT2D eigenvalue weighted by molar-refractivity contribution is 0.107. The van der Waals surface area contributed by atoms with Gasteiger partial charge in [-0.1, -0.05) is 31.5 Å². The standard InChI is InChI=1S/C16H26N2O/c1-14-4-6-15(7-5-14)19-13-16(2,3)12-18-10-8-17-9-11-18/h4-7,17H,8-13H2,1-3H3. The van der Waals surface area contributed by atoms with Gasteiger partial charge in [0.25, 0.3) is 0 Å². The summed E-state index contributed by atoms with van der Waals surface area (Å²) in [5.74, 6) is 0.971. The monoisotopic (exact) mass is 262 g/mol. The Kier molecular flexibility index (Phi) is 4.83. The number of piperazine rings is 1. The summed E-state index contributed by atoms with van der Waals surface area (Å²) >= 11 is 0. The predicted octanol–water partition coefficient (Wildman–Crippen LogP) is 2.31. The summed E-state index contributed by atoms with van der Waals surface area (Å²) in [6.45, 7) is 13.0. The first-order valence-corrected chi connectivity index (χ1v) is 7.18. The van der Waals surface area contributed by atoms with Crippen LogP contribution in [0.15, 0.2) is 24.3 Å². The second-order valence-electron chi connectivity index (χ2n) is 6.29. The van der Waals surface area contributed by atoms with Gasteiger partial charge in [0.1, 0.15) is 5.75 Å². The minimum atomic E-state index is 0.183. The van der Waals surface area contributed by atoms with Crippen LogP contribution in [0.4, 0.5) is 0 Å². The summed E-state index contributed by atoms with van der Waals surface area (Å²) in [4.78, 5) is 2.52. The topological polar surface area (TPSA) is 24.5 Å². The third-order valence-electron chi connectivity index (χ3n) is 3.51. The average molecular weight is 262 g/mol. The van der Waals surface area contributed by atoms with Gasteiger partial charge >= 0.3 is 0 Å². The van der Waals surface area contributed by atoms with Crippen LogP contribution in [0.3, 0.4) is 0 Å². The molecule has 2 rings (SSSR count). The highest BCUT2D eigenvalue weighted by molar-refractivity contribution is 5.26. The molecular weight excluding hydrogens is 236 g/mol. The van der Waals surface area contributed by atoms with E-state index in [4.69, 9.17) is 4.74 Å². The first-order valence-electron chi connectivity index (χ1n) is 7.18. The van der Waals surface area contributed by atoms with E-state index in [1.54, 1.807) is 0 Å². The molecule has 1 aromatic carbocycles. The molecule has 3 heteroatoms. The quantitative estimate of drug-likeness (QED) is 0.881. The highest BCUT2D eigenvalue weighted by Crippen LogP contribution is 2.20. The normalized spacial score (nSPS) is 17.4. The second-order valence-corrected chi connectivity index (χ2v) is 6.29. The van der Waals surface area contributed by atoms with Crippen LogP contribution in [0.1, 0.15) is 19.4 Å². The molecule has 0 spiro atoms. The lowest BCUT2D eigenvalue weighted by atomic mass is 9.93. The molecule has 0 atom stereocenters. The van der Waals surface area contributed by atoms with Gasteiger partial charge in [-0.25, -0.2) is 0 Å². The van der Waals surface area contributed by atoms with E-state index < -0.39 is 0 Å². The second kappa shape index (κ2) is 6.40. The Labute approximate surface area is 116 Å². The van der Waals surface area contributed by atoms with Crippen molar-refractivity contribution in [1.82, 2.24) is 10.2 Å². The van der Waals surface area contributed by atoms with E-state index in [1.165, 1.54) is 5.56 Å². The Bertz CT molecular complexity index is 380. The molecule has 0 radical (unpaired) electrons. The molecule has 1 aromatic rings. The summed E-state index contributed by atoms with van der Waals surface area (Å²) in [7, 11) is 0. The van der Waals surface area contributed by atoms with Gasteiger partial charge in [0, 0.05) is 38.1 Å². The molecule has 0 aromatic heterocycles. The van der Waals surface area contributed by atoms with Gasteiger partial charge in [-0.05, 0) is 19.1 Å². The van der Waals surface area contributed by atoms with E-state index in [2.05, 4.69) is 55.3 Å². The Morgan fingerprint density at radius 3 is 2.42 bits per heavy atom. The maximum absolute atomic E-state index is 5.93. The summed E-state index contributed by atoms with van der Waals surface area (Å²) < 4.78 is 5.93. The molecule has 1 heterocycles. The van der Waals surface area contributed by atoms with Gasteiger partial charge < -0.3 is 15.0 Å². The summed E-state index contributed by atoms with van der Waals surface area (Å²) in [5.41, 5.74) is 1.45. The highest BCUT2D eigenvalue weighted by Gasteiger charge is 2.23. The fourth-order valence-electron chi connectivity index (χ4n) is 2.43. The van der Waals surface area contributed by atoms with Gasteiger partial charge in [-0.2, -0.15) is 0 Å². The number of aryl methyl sites for hydroxylation is 1. The third kappa shape index (κ3) is 4.84. The molecule has 0 bridgehead atoms. The molecule has 1 aliphatic rings. The Morgan fingerprint density at radius 1 is 1.16 bits per heavy atom. The van der Waals surface area contributed by atoms with Crippen LogP contribution in [0.25, 0.3) is 0 Å². The first-order chi connectivity index (χ1) is 9.05. The molecule has 0 unspecified atom stereocenters. The highest BCUT2D eigenvalue weighted by atomic mass is 16.5. The van der Waals surface area contributed by atoms with Gasteiger partial charge in [0.05, 0.1) is 6.61 Å². The van der Waals surface area contributed by atoms with Gasteiger partial charge in [0.2, 0.25) is 0 Å². The lowest BCUT2D eigenvalue weighted by Gasteiger charge is -2.35. The lowest BCUT2D eigenvalue weighted by Crippen LogP contribution is -2.48. The number of hydrogen-bond donors (Lipinski definition) is 1. The predicted molar refractivity (Wildman–Crippen MR) is 79.8 cm³/mol. The van der Waals surface area contributed by atoms with Crippen molar-refractivity contribution in [3.05, 3.63) is 29.8 Å². The minimum Gasteiger partial charge on any atom is -0.493 e. The zero-order valence-corrected chi connectivity index (χ0v) is 12.4. The van der Waals surface area contributed by atoms with Crippen molar-refractivity contribution in [2.45, 2.75) is 20.8 Å². The van der Waals surface area contributed by atoms with Crippen LogP contribution in [0.5, 0.6) is 5.75 Å². The number of nitrogens with zero attached hydrogens (tertiary/aromatic N) is 1. The fraction of sp³-hybridized carbons (Fsp3) is 0.625. The molecular formula is C16H26N2O. The van der Waals surface area contributed by atoms with E-state index in [-0.39, 0.29) is 5.41 Å². The van der Waals surface area contributed by atoms with Crippen molar-refractivity contribution >= 4 is 0 Å². The maximum atomic E-state index is 5.93. The van der Waals surface area contributed by atoms with E-state index in [0.29, 0.717) is 0 Å². The van der Waals surface area contributed by atoms with E-state index in [9.17, 15) is 0 Å². The zero-order chi connectivity index (χ0) is 13.7. The Morgan fingerprint density at radius 2 is 1.79 bits per heavy atom. The molecule has 19 heavy (non-hydrogen) atoms. The molecule has 106 valence electrons. The molecule has 3 nitrogen and oxygen atoms in total. The van der Waals surface area contributed by atoms with Crippen LogP contribution in [-0.4, -0.2) is 44.2 Å². The third-order valence-corrected chi connectivity index (χ3v) is 3.51. The van der Waals surface area contributed by atoms with Crippen LogP contribution >= 0.6 is 0 Å². The average Bonchev–Trinajstić information content (AvgIpc) is 2.39. The summed E-state index contributed by atoms with van der Waals surface area (Å²) in [6, 6.07) is 8.30. The number of ether oxygens (including phenoxy) is 1. The molecule has 0 amide bonds. The van der Waals surface area contributed by atoms with Crippen LogP contribution in [-0.2, 0) is 0 Å². The van der Waals surface area contributed by atoms with E-state index >= 15 is 0 Å². The van der Waals surface area contributed by atoms with Crippen molar-refractivity contribution in [2.75, 3.05) is 39.3 Å². The summed E-state index contributed by atoms with van der Waals surface area (Å²) in [5, 5.41) is 3.39. The fourth-order valence-corrected chi connectivity index (χ4v) is 2.43. The van der Waals surface area contributed by atoms with E-state index in [0.717, 1.165) is 45.1 Å². The molecule has 0 saturated carbocycles. The smallest absolute Gasteiger partial charge is 0.119 e. The van der Waals surface area contributed by atoms with Gasteiger partial charge in [-0.15, -0.1) is 0 Å². The van der Waals surface area contributed by atoms with Crippen molar-refractivity contribution in [3.8, 4) is 5.75 Å². The minimum absolute atomic E-state index is 0.183. The number of hydrogen-bond acceptors (Lipinski definition) is 3. The SMILES string of the molecule is Cc1ccc(OCC(C)(C)CN2CCNCC2)cc1. The number of nitrogens with one attached hydrogen (secondary N) is 1. The molecule has 1 saturated heterocycles. The van der Waals surface area contributed by atoms with Crippen LogP contribution in [0, 0.1) is 12.3 Å². The van der Waals surface area contributed by atoms with Crippen molar-refractivity contribution in [3.63, 3.8) is 0 Å². The largest absolute Gasteiger partial charge is 0.493 e. The Hall–Kier alpha value is -1.06. The molecule has 1 aliphatic heterocycles. The maximum Gasteiger partial charge on any atom is 0.119 e. The number of rotatable bonds is 5. The van der Waals surface area contributed by atoms with Gasteiger partial charge in [0.15, 0.2) is 0 Å². The zero-order valence-electron chi connectivity index (χ0n) is 12.4. The Balaban J connectivity index is 1.81. The molecule has 1 N–H and O–H groups in total.